The number of carbonyl (C=O) groups excluding carboxylic acids is 2. The summed E-state index contributed by atoms with van der Waals surface area (Å²) >= 11 is 6.02. The number of hydrogen-bond acceptors (Lipinski definition) is 2. The molecule has 0 spiro atoms. The molecule has 1 N–H and O–H groups in total. The summed E-state index contributed by atoms with van der Waals surface area (Å²) in [5, 5.41) is 3.67. The van der Waals surface area contributed by atoms with Crippen LogP contribution in [0, 0.1) is 13.8 Å². The van der Waals surface area contributed by atoms with E-state index in [1.54, 1.807) is 17.0 Å². The minimum Gasteiger partial charge on any atom is -0.350 e. The van der Waals surface area contributed by atoms with Gasteiger partial charge in [-0.05, 0) is 69.9 Å². The number of hydrogen-bond donors (Lipinski definition) is 1. The maximum Gasteiger partial charge on any atom is 0.243 e. The lowest BCUT2D eigenvalue weighted by atomic mass is 10.0. The molecule has 0 unspecified atom stereocenters. The van der Waals surface area contributed by atoms with Gasteiger partial charge in [-0.15, -0.1) is 0 Å². The van der Waals surface area contributed by atoms with Gasteiger partial charge in [-0.2, -0.15) is 0 Å². The second kappa shape index (κ2) is 10.1. The first-order valence-corrected chi connectivity index (χ1v) is 10.8. The smallest absolute Gasteiger partial charge is 0.243 e. The van der Waals surface area contributed by atoms with Crippen LogP contribution in [-0.2, 0) is 22.6 Å². The van der Waals surface area contributed by atoms with Crippen LogP contribution in [0.5, 0.6) is 0 Å². The summed E-state index contributed by atoms with van der Waals surface area (Å²) in [6, 6.07) is 13.0. The summed E-state index contributed by atoms with van der Waals surface area (Å²) in [7, 11) is 0. The molecule has 0 saturated heterocycles. The van der Waals surface area contributed by atoms with Crippen molar-refractivity contribution in [2.45, 2.75) is 72.5 Å². The Kier molecular flexibility index (Phi) is 8.08. The molecule has 30 heavy (non-hydrogen) atoms. The highest BCUT2D eigenvalue weighted by Gasteiger charge is 2.30. The minimum atomic E-state index is -0.544. The van der Waals surface area contributed by atoms with E-state index in [1.165, 1.54) is 0 Å². The molecule has 0 radical (unpaired) electrons. The molecule has 2 aromatic rings. The highest BCUT2D eigenvalue weighted by atomic mass is 35.5. The Morgan fingerprint density at radius 1 is 1.07 bits per heavy atom. The van der Waals surface area contributed by atoms with E-state index in [0.29, 0.717) is 18.0 Å². The first kappa shape index (κ1) is 23.9. The van der Waals surface area contributed by atoms with Crippen LogP contribution in [0.1, 0.15) is 56.4 Å². The van der Waals surface area contributed by atoms with Crippen LogP contribution in [0.25, 0.3) is 0 Å². The number of amides is 2. The molecule has 0 aromatic heterocycles. The quantitative estimate of drug-likeness (QED) is 0.657. The van der Waals surface area contributed by atoms with Crippen LogP contribution in [0.4, 0.5) is 0 Å². The minimum absolute atomic E-state index is 0.0606. The molecule has 4 nitrogen and oxygen atoms in total. The SMILES string of the molecule is CC[C@@H](C(=O)NC(C)(C)C)N(Cc1ccc(Cl)cc1)C(=O)Cc1cc(C)ccc1C. The van der Waals surface area contributed by atoms with E-state index < -0.39 is 6.04 Å². The number of benzene rings is 2. The predicted molar refractivity (Wildman–Crippen MR) is 124 cm³/mol. The van der Waals surface area contributed by atoms with Gasteiger partial charge < -0.3 is 10.2 Å². The van der Waals surface area contributed by atoms with Crippen LogP contribution in [-0.4, -0.2) is 28.3 Å². The second-order valence-electron chi connectivity index (χ2n) is 8.92. The highest BCUT2D eigenvalue weighted by Crippen LogP contribution is 2.19. The maximum atomic E-state index is 13.4. The van der Waals surface area contributed by atoms with Crippen LogP contribution < -0.4 is 5.32 Å². The number of nitrogens with zero attached hydrogens (tertiary/aromatic N) is 1. The molecule has 0 saturated carbocycles. The molecule has 0 aliphatic rings. The standard InChI is InChI=1S/C25H33ClN2O2/c1-7-22(24(30)27-25(4,5)6)28(16-19-10-12-21(26)13-11-19)23(29)15-20-14-17(2)8-9-18(20)3/h8-14,22H,7,15-16H2,1-6H3,(H,27,30)/t22-/m0/s1. The average Bonchev–Trinajstić information content (AvgIpc) is 2.64. The molecule has 0 aliphatic carbocycles. The van der Waals surface area contributed by atoms with Crippen molar-refractivity contribution in [2.75, 3.05) is 0 Å². The lowest BCUT2D eigenvalue weighted by Gasteiger charge is -2.33. The zero-order valence-electron chi connectivity index (χ0n) is 18.9. The fourth-order valence-corrected chi connectivity index (χ4v) is 3.54. The number of halogens is 1. The lowest BCUT2D eigenvalue weighted by Crippen LogP contribution is -2.53. The zero-order chi connectivity index (χ0) is 22.5. The van der Waals surface area contributed by atoms with E-state index in [0.717, 1.165) is 22.3 Å². The molecule has 2 rings (SSSR count). The summed E-state index contributed by atoms with van der Waals surface area (Å²) in [5.41, 5.74) is 3.76. The van der Waals surface area contributed by atoms with E-state index in [9.17, 15) is 9.59 Å². The van der Waals surface area contributed by atoms with Gasteiger partial charge in [-0.25, -0.2) is 0 Å². The first-order chi connectivity index (χ1) is 14.0. The van der Waals surface area contributed by atoms with Crippen molar-refractivity contribution in [3.8, 4) is 0 Å². The molecule has 2 aromatic carbocycles. The largest absolute Gasteiger partial charge is 0.350 e. The molecule has 162 valence electrons. The van der Waals surface area contributed by atoms with Gasteiger partial charge in [0.1, 0.15) is 6.04 Å². The Morgan fingerprint density at radius 2 is 1.70 bits per heavy atom. The van der Waals surface area contributed by atoms with Crippen LogP contribution in [0.2, 0.25) is 5.02 Å². The highest BCUT2D eigenvalue weighted by molar-refractivity contribution is 6.30. The fraction of sp³-hybridized carbons (Fsp3) is 0.440. The second-order valence-corrected chi connectivity index (χ2v) is 9.35. The maximum absolute atomic E-state index is 13.4. The summed E-state index contributed by atoms with van der Waals surface area (Å²) in [4.78, 5) is 28.2. The van der Waals surface area contributed by atoms with Gasteiger partial charge in [-0.3, -0.25) is 9.59 Å². The third kappa shape index (κ3) is 6.88. The summed E-state index contributed by atoms with van der Waals surface area (Å²) in [5.74, 6) is -0.192. The molecule has 5 heteroatoms. The molecule has 0 heterocycles. The van der Waals surface area contributed by atoms with Gasteiger partial charge in [0, 0.05) is 17.1 Å². The van der Waals surface area contributed by atoms with Gasteiger partial charge in [0.05, 0.1) is 6.42 Å². The van der Waals surface area contributed by atoms with Crippen LogP contribution >= 0.6 is 11.6 Å². The summed E-state index contributed by atoms with van der Waals surface area (Å²) in [6.07, 6.45) is 0.800. The third-order valence-corrected chi connectivity index (χ3v) is 5.25. The number of rotatable bonds is 7. The normalized spacial score (nSPS) is 12.4. The van der Waals surface area contributed by atoms with Crippen molar-refractivity contribution >= 4 is 23.4 Å². The Balaban J connectivity index is 2.35. The van der Waals surface area contributed by atoms with E-state index in [4.69, 9.17) is 11.6 Å². The Hall–Kier alpha value is -2.33. The average molecular weight is 429 g/mol. The lowest BCUT2D eigenvalue weighted by molar-refractivity contribution is -0.141. The molecule has 0 aliphatic heterocycles. The monoisotopic (exact) mass is 428 g/mol. The first-order valence-electron chi connectivity index (χ1n) is 10.4. The molecule has 0 fully saturated rings. The van der Waals surface area contributed by atoms with Gasteiger partial charge in [-0.1, -0.05) is 54.4 Å². The molecule has 1 atom stereocenters. The van der Waals surface area contributed by atoms with E-state index in [-0.39, 0.29) is 23.8 Å². The van der Waals surface area contributed by atoms with Crippen molar-refractivity contribution in [3.63, 3.8) is 0 Å². The summed E-state index contributed by atoms with van der Waals surface area (Å²) in [6.45, 7) is 12.2. The van der Waals surface area contributed by atoms with Gasteiger partial charge >= 0.3 is 0 Å². The van der Waals surface area contributed by atoms with Crippen molar-refractivity contribution in [1.29, 1.82) is 0 Å². The molecular formula is C25H33ClN2O2. The Labute approximate surface area is 185 Å². The van der Waals surface area contributed by atoms with Crippen molar-refractivity contribution in [3.05, 3.63) is 69.7 Å². The topological polar surface area (TPSA) is 49.4 Å². The van der Waals surface area contributed by atoms with E-state index in [1.807, 2.05) is 71.9 Å². The van der Waals surface area contributed by atoms with Gasteiger partial charge in [0.15, 0.2) is 0 Å². The number of aryl methyl sites for hydroxylation is 2. The molecular weight excluding hydrogens is 396 g/mol. The molecule has 2 amide bonds. The summed E-state index contributed by atoms with van der Waals surface area (Å²) < 4.78 is 0. The predicted octanol–water partition coefficient (Wildman–Crippen LogP) is 5.22. The fourth-order valence-electron chi connectivity index (χ4n) is 3.41. The van der Waals surface area contributed by atoms with Crippen molar-refractivity contribution < 1.29 is 9.59 Å². The van der Waals surface area contributed by atoms with Gasteiger partial charge in [0.25, 0.3) is 0 Å². The third-order valence-electron chi connectivity index (χ3n) is 5.00. The Morgan fingerprint density at radius 3 is 2.27 bits per heavy atom. The Bertz CT molecular complexity index is 885. The number of carbonyl (C=O) groups is 2. The van der Waals surface area contributed by atoms with E-state index in [2.05, 4.69) is 5.32 Å². The number of nitrogens with one attached hydrogen (secondary N) is 1. The van der Waals surface area contributed by atoms with Crippen LogP contribution in [0.15, 0.2) is 42.5 Å². The van der Waals surface area contributed by atoms with Crippen LogP contribution in [0.3, 0.4) is 0 Å². The van der Waals surface area contributed by atoms with Crippen molar-refractivity contribution in [2.24, 2.45) is 0 Å². The van der Waals surface area contributed by atoms with Gasteiger partial charge in [0.2, 0.25) is 11.8 Å². The zero-order valence-corrected chi connectivity index (χ0v) is 19.6. The van der Waals surface area contributed by atoms with E-state index >= 15 is 0 Å². The molecule has 0 bridgehead atoms. The van der Waals surface area contributed by atoms with Crippen molar-refractivity contribution in [1.82, 2.24) is 10.2 Å².